The van der Waals surface area contributed by atoms with Gasteiger partial charge in [-0.05, 0) is 18.2 Å². The molecule has 5 nitrogen and oxygen atoms in total. The van der Waals surface area contributed by atoms with Gasteiger partial charge in [0.2, 0.25) is 0 Å². The standard InChI is InChI=1S/C11H9F7N2O3S/c12-9(13,10(14,15)16)11(17,18)24(23)5-1-2-7(6(19)3-5)20-4-8(21)22/h1-3,20H,4,19H2,(H,21,22). The summed E-state index contributed by atoms with van der Waals surface area (Å²) in [6.45, 7) is -0.630. The smallest absolute Gasteiger partial charge is 0.461 e. The van der Waals surface area contributed by atoms with E-state index in [1.165, 1.54) is 0 Å². The first-order chi connectivity index (χ1) is 10.7. The zero-order valence-electron chi connectivity index (χ0n) is 11.3. The van der Waals surface area contributed by atoms with Gasteiger partial charge >= 0.3 is 23.3 Å². The molecule has 0 aliphatic carbocycles. The third kappa shape index (κ3) is 3.71. The summed E-state index contributed by atoms with van der Waals surface area (Å²) in [6.07, 6.45) is -6.61. The molecule has 13 heteroatoms. The maximum absolute atomic E-state index is 13.4. The number of benzene rings is 1. The van der Waals surface area contributed by atoms with Crippen LogP contribution in [-0.2, 0) is 15.6 Å². The van der Waals surface area contributed by atoms with Crippen molar-refractivity contribution in [2.75, 3.05) is 17.6 Å². The van der Waals surface area contributed by atoms with E-state index in [4.69, 9.17) is 10.8 Å². The lowest BCUT2D eigenvalue weighted by Crippen LogP contribution is -2.54. The number of halogens is 7. The molecular weight excluding hydrogens is 373 g/mol. The molecule has 1 rings (SSSR count). The van der Waals surface area contributed by atoms with Gasteiger partial charge in [-0.25, -0.2) is 4.21 Å². The molecule has 0 radical (unpaired) electrons. The summed E-state index contributed by atoms with van der Waals surface area (Å²) in [5.41, 5.74) is 4.75. The van der Waals surface area contributed by atoms with E-state index in [2.05, 4.69) is 5.32 Å². The van der Waals surface area contributed by atoms with Gasteiger partial charge in [0, 0.05) is 4.90 Å². The first-order valence-corrected chi connectivity index (χ1v) is 6.96. The summed E-state index contributed by atoms with van der Waals surface area (Å²) in [5.74, 6) is -7.83. The summed E-state index contributed by atoms with van der Waals surface area (Å²) in [6, 6.07) is 1.88. The molecule has 0 fully saturated rings. The molecule has 1 unspecified atom stereocenters. The minimum Gasteiger partial charge on any atom is -0.480 e. The number of nitrogen functional groups attached to an aromatic ring is 1. The summed E-state index contributed by atoms with van der Waals surface area (Å²) in [7, 11) is -4.07. The number of anilines is 2. The van der Waals surface area contributed by atoms with Gasteiger partial charge in [0.15, 0.2) is 0 Å². The van der Waals surface area contributed by atoms with E-state index < -0.39 is 51.2 Å². The Kier molecular flexibility index (Phi) is 5.38. The van der Waals surface area contributed by atoms with Crippen molar-refractivity contribution in [3.63, 3.8) is 0 Å². The Morgan fingerprint density at radius 3 is 2.12 bits per heavy atom. The molecule has 0 aliphatic rings. The van der Waals surface area contributed by atoms with Crippen molar-refractivity contribution in [2.45, 2.75) is 22.2 Å². The SMILES string of the molecule is Nc1cc(S(=O)C(F)(F)C(F)(F)C(F)(F)F)ccc1NCC(=O)O. The third-order valence-electron chi connectivity index (χ3n) is 2.62. The molecule has 0 aliphatic heterocycles. The fourth-order valence-corrected chi connectivity index (χ4v) is 2.49. The van der Waals surface area contributed by atoms with Crippen LogP contribution in [0.25, 0.3) is 0 Å². The Morgan fingerprint density at radius 2 is 1.71 bits per heavy atom. The van der Waals surface area contributed by atoms with E-state index in [9.17, 15) is 39.7 Å². The highest BCUT2D eigenvalue weighted by Crippen LogP contribution is 2.49. The Labute approximate surface area is 132 Å². The molecule has 1 aromatic carbocycles. The van der Waals surface area contributed by atoms with Gasteiger partial charge < -0.3 is 16.2 Å². The molecule has 24 heavy (non-hydrogen) atoms. The van der Waals surface area contributed by atoms with E-state index in [1.54, 1.807) is 0 Å². The fourth-order valence-electron chi connectivity index (χ4n) is 1.42. The van der Waals surface area contributed by atoms with E-state index >= 15 is 0 Å². The van der Waals surface area contributed by atoms with Crippen LogP contribution in [0, 0.1) is 0 Å². The summed E-state index contributed by atoms with van der Waals surface area (Å²) in [5, 5.41) is 4.74. The predicted octanol–water partition coefficient (Wildman–Crippen LogP) is 2.66. The molecule has 1 atom stereocenters. The second-order valence-electron chi connectivity index (χ2n) is 4.35. The highest BCUT2D eigenvalue weighted by molar-refractivity contribution is 7.86. The Balaban J connectivity index is 3.16. The Bertz CT molecular complexity index is 664. The van der Waals surface area contributed by atoms with Crippen LogP contribution in [0.2, 0.25) is 0 Å². The van der Waals surface area contributed by atoms with Crippen molar-refractivity contribution in [2.24, 2.45) is 0 Å². The van der Waals surface area contributed by atoms with Crippen LogP contribution in [0.3, 0.4) is 0 Å². The highest BCUT2D eigenvalue weighted by Gasteiger charge is 2.76. The number of nitrogens with two attached hydrogens (primary N) is 1. The average Bonchev–Trinajstić information content (AvgIpc) is 2.43. The van der Waals surface area contributed by atoms with Crippen LogP contribution < -0.4 is 11.1 Å². The summed E-state index contributed by atoms with van der Waals surface area (Å²) >= 11 is 0. The zero-order valence-corrected chi connectivity index (χ0v) is 12.2. The van der Waals surface area contributed by atoms with Crippen molar-refractivity contribution < 1.29 is 44.8 Å². The van der Waals surface area contributed by atoms with Crippen LogP contribution in [0.1, 0.15) is 0 Å². The second-order valence-corrected chi connectivity index (χ2v) is 5.88. The molecular formula is C11H9F7N2O3S. The minimum atomic E-state index is -6.61. The molecule has 0 aromatic heterocycles. The monoisotopic (exact) mass is 382 g/mol. The molecule has 4 N–H and O–H groups in total. The lowest BCUT2D eigenvalue weighted by Gasteiger charge is -2.27. The molecule has 0 saturated carbocycles. The number of alkyl halides is 7. The van der Waals surface area contributed by atoms with Crippen molar-refractivity contribution >= 4 is 28.1 Å². The number of aliphatic carboxylic acids is 1. The quantitative estimate of drug-likeness (QED) is 0.520. The number of nitrogens with one attached hydrogen (secondary N) is 1. The number of carboxylic acids is 1. The highest BCUT2D eigenvalue weighted by atomic mass is 32.2. The molecule has 136 valence electrons. The van der Waals surface area contributed by atoms with Crippen molar-refractivity contribution in [1.82, 2.24) is 0 Å². The molecule has 1 aromatic rings. The van der Waals surface area contributed by atoms with Crippen molar-refractivity contribution in [1.29, 1.82) is 0 Å². The van der Waals surface area contributed by atoms with Crippen LogP contribution in [0.15, 0.2) is 23.1 Å². The van der Waals surface area contributed by atoms with E-state index in [1.807, 2.05) is 0 Å². The van der Waals surface area contributed by atoms with Gasteiger partial charge in [-0.3, -0.25) is 4.79 Å². The summed E-state index contributed by atoms with van der Waals surface area (Å²) in [4.78, 5) is 9.27. The summed E-state index contributed by atoms with van der Waals surface area (Å²) < 4.78 is 100. The van der Waals surface area contributed by atoms with E-state index in [0.29, 0.717) is 12.1 Å². The lowest BCUT2D eigenvalue weighted by molar-refractivity contribution is -0.331. The van der Waals surface area contributed by atoms with Gasteiger partial charge in [-0.1, -0.05) is 0 Å². The van der Waals surface area contributed by atoms with Crippen molar-refractivity contribution in [3.8, 4) is 0 Å². The van der Waals surface area contributed by atoms with Crippen LogP contribution in [-0.4, -0.2) is 39.2 Å². The Morgan fingerprint density at radius 1 is 1.17 bits per heavy atom. The number of hydrogen-bond donors (Lipinski definition) is 3. The first kappa shape index (κ1) is 20.0. The minimum absolute atomic E-state index is 0.121. The maximum atomic E-state index is 13.4. The van der Waals surface area contributed by atoms with Gasteiger partial charge in [-0.2, -0.15) is 30.7 Å². The zero-order chi connectivity index (χ0) is 18.9. The van der Waals surface area contributed by atoms with Crippen LogP contribution in [0.5, 0.6) is 0 Å². The van der Waals surface area contributed by atoms with Gasteiger partial charge in [-0.15, -0.1) is 0 Å². The van der Waals surface area contributed by atoms with Crippen molar-refractivity contribution in [3.05, 3.63) is 18.2 Å². The van der Waals surface area contributed by atoms with Gasteiger partial charge in [0.25, 0.3) is 0 Å². The lowest BCUT2D eigenvalue weighted by atomic mass is 10.2. The number of hydrogen-bond acceptors (Lipinski definition) is 4. The molecule has 0 bridgehead atoms. The van der Waals surface area contributed by atoms with Gasteiger partial charge in [0.1, 0.15) is 17.3 Å². The molecule has 0 saturated heterocycles. The third-order valence-corrected chi connectivity index (χ3v) is 4.03. The largest absolute Gasteiger partial charge is 0.480 e. The number of rotatable bonds is 6. The molecule has 0 spiro atoms. The number of carboxylic acid groups (broad SMARTS) is 1. The van der Waals surface area contributed by atoms with E-state index in [-0.39, 0.29) is 5.69 Å². The topological polar surface area (TPSA) is 92.4 Å². The maximum Gasteiger partial charge on any atom is 0.461 e. The van der Waals surface area contributed by atoms with E-state index in [0.717, 1.165) is 6.07 Å². The van der Waals surface area contributed by atoms with Gasteiger partial charge in [0.05, 0.1) is 11.4 Å². The first-order valence-electron chi connectivity index (χ1n) is 5.81. The average molecular weight is 382 g/mol. The molecule has 0 heterocycles. The van der Waals surface area contributed by atoms with Crippen LogP contribution >= 0.6 is 0 Å². The molecule has 0 amide bonds. The number of carbonyl (C=O) groups is 1. The Hall–Kier alpha value is -2.05. The second kappa shape index (κ2) is 6.45. The van der Waals surface area contributed by atoms with Crippen LogP contribution in [0.4, 0.5) is 42.1 Å². The fraction of sp³-hybridized carbons (Fsp3) is 0.364. The normalized spacial score (nSPS) is 14.3. The predicted molar refractivity (Wildman–Crippen MR) is 69.3 cm³/mol.